The number of aliphatic carboxylic acids is 1. The zero-order valence-electron chi connectivity index (χ0n) is 16.0. The van der Waals surface area contributed by atoms with E-state index in [0.717, 1.165) is 9.96 Å². The maximum atomic E-state index is 13.2. The predicted molar refractivity (Wildman–Crippen MR) is 113 cm³/mol. The molecule has 31 heavy (non-hydrogen) atoms. The number of carboxylic acid groups (broad SMARTS) is 1. The number of thioether (sulfide) groups is 2. The molecule has 0 unspecified atom stereocenters. The minimum atomic E-state index is -1.76. The fourth-order valence-corrected chi connectivity index (χ4v) is 5.73. The van der Waals surface area contributed by atoms with Gasteiger partial charge in [0.05, 0.1) is 0 Å². The van der Waals surface area contributed by atoms with Gasteiger partial charge < -0.3 is 10.4 Å². The van der Waals surface area contributed by atoms with Crippen molar-refractivity contribution in [3.63, 3.8) is 0 Å². The lowest BCUT2D eigenvalue weighted by Gasteiger charge is -2.58. The van der Waals surface area contributed by atoms with E-state index in [2.05, 4.69) is 20.8 Å². The molecule has 17 heteroatoms. The third-order valence-corrected chi connectivity index (χ3v) is 7.29. The molecule has 2 aliphatic rings. The molecule has 1 aromatic rings. The number of hydrogen-bond donors (Lipinski definition) is 2. The highest BCUT2D eigenvalue weighted by molar-refractivity contribution is 8.01. The van der Waals surface area contributed by atoms with E-state index in [1.165, 1.54) is 35.3 Å². The van der Waals surface area contributed by atoms with Crippen molar-refractivity contribution in [2.75, 3.05) is 25.2 Å². The van der Waals surface area contributed by atoms with Crippen LogP contribution < -0.4 is 5.32 Å². The summed E-state index contributed by atoms with van der Waals surface area (Å²) < 4.78 is -0.302. The van der Waals surface area contributed by atoms with Gasteiger partial charge in [-0.3, -0.25) is 19.3 Å². The minimum absolute atomic E-state index is 0.158. The van der Waals surface area contributed by atoms with Crippen LogP contribution in [-0.2, 0) is 26.3 Å². The Hall–Kier alpha value is -1.29. The average Bonchev–Trinajstić information content (AvgIpc) is 3.11. The summed E-state index contributed by atoms with van der Waals surface area (Å²) in [6.07, 6.45) is 0.335. The topological polar surface area (TPSA) is 143 Å². The van der Waals surface area contributed by atoms with Crippen LogP contribution in [0.5, 0.6) is 0 Å². The number of carbonyl (C=O) groups excluding carboxylic acids is 2. The van der Waals surface area contributed by atoms with E-state index >= 15 is 0 Å². The number of fused-ring (bicyclic) bond motifs is 1. The van der Waals surface area contributed by atoms with Gasteiger partial charge >= 0.3 is 5.97 Å². The number of aryl methyl sites for hydroxylation is 1. The van der Waals surface area contributed by atoms with Crippen LogP contribution in [0, 0.1) is 0 Å². The second kappa shape index (κ2) is 9.29. The van der Waals surface area contributed by atoms with E-state index in [1.807, 2.05) is 0 Å². The van der Waals surface area contributed by atoms with Crippen molar-refractivity contribution < 1.29 is 24.3 Å². The van der Waals surface area contributed by atoms with Crippen LogP contribution in [0.15, 0.2) is 16.4 Å². The SMILES string of the molecule is CN(OCC(Cl)(Cl)Cl)[C@]1(NC=O)C(=O)N2C(C(=O)O)=C(CSc3nnnn3C)CS[C@H]21. The third-order valence-electron chi connectivity index (χ3n) is 4.48. The molecule has 0 saturated carbocycles. The van der Waals surface area contributed by atoms with E-state index < -0.39 is 33.3 Å². The van der Waals surface area contributed by atoms with Crippen molar-refractivity contribution in [2.45, 2.75) is 20.0 Å². The first-order valence-corrected chi connectivity index (χ1v) is 11.6. The number of tetrazole rings is 1. The third kappa shape index (κ3) is 4.60. The number of likely N-dealkylation sites (N-methyl/N-ethyl adjacent to an activating group) is 1. The van der Waals surface area contributed by atoms with E-state index in [4.69, 9.17) is 39.6 Å². The molecule has 170 valence electrons. The maximum absolute atomic E-state index is 13.2. The number of aromatic nitrogens is 4. The van der Waals surface area contributed by atoms with Gasteiger partial charge in [0.1, 0.15) is 17.7 Å². The maximum Gasteiger partial charge on any atom is 0.352 e. The molecular weight excluding hydrogens is 517 g/mol. The molecule has 0 radical (unpaired) electrons. The zero-order chi connectivity index (χ0) is 23.0. The minimum Gasteiger partial charge on any atom is -0.477 e. The number of β-lactam (4-membered cyclic amide) rings is 1. The van der Waals surface area contributed by atoms with Crippen LogP contribution in [0.25, 0.3) is 0 Å². The summed E-state index contributed by atoms with van der Waals surface area (Å²) in [6.45, 7) is -0.392. The van der Waals surface area contributed by atoms with Crippen molar-refractivity contribution in [2.24, 2.45) is 7.05 Å². The molecule has 1 aromatic heterocycles. The van der Waals surface area contributed by atoms with Crippen molar-refractivity contribution in [1.82, 2.24) is 35.5 Å². The van der Waals surface area contributed by atoms with Crippen molar-refractivity contribution in [1.29, 1.82) is 0 Å². The standard InChI is InChI=1S/C14H16Cl3N7O5S2/c1-22-12(19-20-21-22)31-4-7-3-30-11-14(18-6-25,23(2)29-5-13(15,16)17)10(28)24(11)8(7)9(26)27/h6,11H,3-5H2,1-2H3,(H,18,25)(H,26,27)/t11-,14+/m0/s1. The van der Waals surface area contributed by atoms with Gasteiger partial charge in [0.2, 0.25) is 21.0 Å². The molecule has 12 nitrogen and oxygen atoms in total. The molecule has 3 rings (SSSR count). The van der Waals surface area contributed by atoms with Crippen LogP contribution in [0.2, 0.25) is 0 Å². The quantitative estimate of drug-likeness (QED) is 0.113. The number of carbonyl (C=O) groups is 3. The number of nitrogens with one attached hydrogen (secondary N) is 1. The van der Waals surface area contributed by atoms with Gasteiger partial charge in [0, 0.05) is 25.6 Å². The molecule has 2 aliphatic heterocycles. The number of halogens is 3. The molecular formula is C14H16Cl3N7O5S2. The Morgan fingerprint density at radius 1 is 1.55 bits per heavy atom. The van der Waals surface area contributed by atoms with Gasteiger partial charge in [-0.2, -0.15) is 5.06 Å². The molecule has 1 fully saturated rings. The summed E-state index contributed by atoms with van der Waals surface area (Å²) in [5.41, 5.74) is -1.30. The van der Waals surface area contributed by atoms with E-state index in [1.54, 1.807) is 7.05 Å². The largest absolute Gasteiger partial charge is 0.477 e. The molecule has 0 aliphatic carbocycles. The fraction of sp³-hybridized carbons (Fsp3) is 0.571. The Morgan fingerprint density at radius 2 is 2.26 bits per heavy atom. The van der Waals surface area contributed by atoms with E-state index in [9.17, 15) is 19.5 Å². The first-order valence-electron chi connectivity index (χ1n) is 8.43. The first-order chi connectivity index (χ1) is 14.5. The highest BCUT2D eigenvalue weighted by Gasteiger charge is 2.68. The van der Waals surface area contributed by atoms with Crippen LogP contribution >= 0.6 is 58.3 Å². The Kier molecular flexibility index (Phi) is 7.30. The lowest BCUT2D eigenvalue weighted by Crippen LogP contribution is -2.84. The molecule has 0 aromatic carbocycles. The lowest BCUT2D eigenvalue weighted by atomic mass is 9.95. The number of carboxylic acids is 1. The molecule has 0 bridgehead atoms. The van der Waals surface area contributed by atoms with Gasteiger partial charge in [-0.15, -0.1) is 16.9 Å². The van der Waals surface area contributed by atoms with Gasteiger partial charge in [0.15, 0.2) is 0 Å². The van der Waals surface area contributed by atoms with Crippen molar-refractivity contribution >= 4 is 76.6 Å². The number of hydrogen-bond acceptors (Lipinski definition) is 10. The van der Waals surface area contributed by atoms with Gasteiger partial charge in [0.25, 0.3) is 5.91 Å². The summed E-state index contributed by atoms with van der Waals surface area (Å²) in [4.78, 5) is 43.0. The Balaban J connectivity index is 1.86. The number of amides is 2. The molecule has 1 saturated heterocycles. The summed E-state index contributed by atoms with van der Waals surface area (Å²) in [5.74, 6) is -1.42. The molecule has 2 atom stereocenters. The Morgan fingerprint density at radius 3 is 2.81 bits per heavy atom. The van der Waals surface area contributed by atoms with Crippen LogP contribution in [0.3, 0.4) is 0 Å². The smallest absolute Gasteiger partial charge is 0.352 e. The Labute approximate surface area is 199 Å². The number of rotatable bonds is 9. The van der Waals surface area contributed by atoms with Gasteiger partial charge in [-0.05, 0) is 16.0 Å². The number of alkyl halides is 3. The number of hydroxylamine groups is 2. The highest BCUT2D eigenvalue weighted by atomic mass is 35.6. The summed E-state index contributed by atoms with van der Waals surface area (Å²) in [7, 11) is 3.05. The molecule has 0 spiro atoms. The summed E-state index contributed by atoms with van der Waals surface area (Å²) in [5, 5.41) is 24.1. The summed E-state index contributed by atoms with van der Waals surface area (Å²) in [6, 6.07) is 0. The van der Waals surface area contributed by atoms with Crippen LogP contribution in [0.4, 0.5) is 0 Å². The predicted octanol–water partition coefficient (Wildman–Crippen LogP) is 0.232. The van der Waals surface area contributed by atoms with Gasteiger partial charge in [-0.25, -0.2) is 9.48 Å². The normalized spacial score (nSPS) is 23.6. The second-order valence-electron chi connectivity index (χ2n) is 6.38. The molecule has 2 amide bonds. The average molecular weight is 533 g/mol. The fourth-order valence-electron chi connectivity index (χ4n) is 3.08. The van der Waals surface area contributed by atoms with Crippen LogP contribution in [0.1, 0.15) is 0 Å². The first kappa shape index (κ1) is 24.4. The van der Waals surface area contributed by atoms with Gasteiger partial charge in [-0.1, -0.05) is 46.6 Å². The van der Waals surface area contributed by atoms with Crippen molar-refractivity contribution in [3.05, 3.63) is 11.3 Å². The summed E-state index contributed by atoms with van der Waals surface area (Å²) >= 11 is 19.6. The Bertz CT molecular complexity index is 926. The van der Waals surface area contributed by atoms with Crippen molar-refractivity contribution in [3.8, 4) is 0 Å². The zero-order valence-corrected chi connectivity index (χ0v) is 19.9. The van der Waals surface area contributed by atoms with E-state index in [-0.39, 0.29) is 17.2 Å². The number of nitrogens with zero attached hydrogens (tertiary/aromatic N) is 6. The van der Waals surface area contributed by atoms with E-state index in [0.29, 0.717) is 17.1 Å². The monoisotopic (exact) mass is 531 g/mol. The molecule has 2 N–H and O–H groups in total. The second-order valence-corrected chi connectivity index (χ2v) is 10.9. The van der Waals surface area contributed by atoms with Crippen LogP contribution in [-0.4, -0.2) is 93.6 Å². The highest BCUT2D eigenvalue weighted by Crippen LogP contribution is 2.48. The lowest BCUT2D eigenvalue weighted by molar-refractivity contribution is -0.245. The molecule has 3 heterocycles.